The summed E-state index contributed by atoms with van der Waals surface area (Å²) < 4.78 is 5.05. The van der Waals surface area contributed by atoms with E-state index < -0.39 is 11.8 Å². The summed E-state index contributed by atoms with van der Waals surface area (Å²) in [6.07, 6.45) is 1.67. The van der Waals surface area contributed by atoms with Crippen molar-refractivity contribution in [3.63, 3.8) is 0 Å². The van der Waals surface area contributed by atoms with Crippen LogP contribution in [0.25, 0.3) is 0 Å². The van der Waals surface area contributed by atoms with Crippen molar-refractivity contribution in [2.45, 2.75) is 25.0 Å². The van der Waals surface area contributed by atoms with Gasteiger partial charge in [0.05, 0.1) is 17.6 Å². The molecule has 1 saturated carbocycles. The van der Waals surface area contributed by atoms with Gasteiger partial charge in [-0.25, -0.2) is 0 Å². The van der Waals surface area contributed by atoms with Gasteiger partial charge in [0.25, 0.3) is 0 Å². The third kappa shape index (κ3) is 3.74. The third-order valence-corrected chi connectivity index (χ3v) is 2.54. The second kappa shape index (κ2) is 5.76. The molecule has 1 fully saturated rings. The van der Waals surface area contributed by atoms with Crippen LogP contribution in [-0.2, 0) is 14.3 Å². The van der Waals surface area contributed by atoms with Gasteiger partial charge in [-0.05, 0) is 12.8 Å². The maximum atomic E-state index is 11.3. The van der Waals surface area contributed by atoms with Crippen molar-refractivity contribution in [1.82, 2.24) is 10.6 Å². The standard InChI is InChI=1S/C9H15N3O3S/c1-15-6-2-5(3-6)12-9(14)8(13)11-4-7(10)16/h5-6H,2-4H2,1H3,(H2,10,16)(H,11,13)(H,12,14). The Kier molecular flexibility index (Phi) is 4.63. The first-order valence-electron chi connectivity index (χ1n) is 4.92. The molecule has 0 bridgehead atoms. The zero-order valence-corrected chi connectivity index (χ0v) is 9.80. The number of nitrogens with two attached hydrogens (primary N) is 1. The Morgan fingerprint density at radius 1 is 1.44 bits per heavy atom. The molecule has 90 valence electrons. The molecule has 0 unspecified atom stereocenters. The van der Waals surface area contributed by atoms with Crippen LogP contribution < -0.4 is 16.4 Å². The summed E-state index contributed by atoms with van der Waals surface area (Å²) in [5.74, 6) is -1.37. The monoisotopic (exact) mass is 245 g/mol. The predicted octanol–water partition coefficient (Wildman–Crippen LogP) is -1.32. The van der Waals surface area contributed by atoms with Gasteiger partial charge in [0.1, 0.15) is 0 Å². The molecule has 1 aliphatic carbocycles. The Morgan fingerprint density at radius 2 is 2.06 bits per heavy atom. The summed E-state index contributed by atoms with van der Waals surface area (Å²) in [5.41, 5.74) is 5.18. The van der Waals surface area contributed by atoms with Gasteiger partial charge in [-0.3, -0.25) is 9.59 Å². The van der Waals surface area contributed by atoms with Gasteiger partial charge in [-0.1, -0.05) is 12.2 Å². The smallest absolute Gasteiger partial charge is 0.309 e. The molecular weight excluding hydrogens is 230 g/mol. The van der Waals surface area contributed by atoms with Gasteiger partial charge in [0.2, 0.25) is 0 Å². The third-order valence-electron chi connectivity index (χ3n) is 2.39. The molecule has 0 aliphatic heterocycles. The lowest BCUT2D eigenvalue weighted by Crippen LogP contribution is -2.52. The van der Waals surface area contributed by atoms with E-state index in [0.29, 0.717) is 0 Å². The first-order valence-corrected chi connectivity index (χ1v) is 5.33. The Hall–Kier alpha value is -1.21. The maximum Gasteiger partial charge on any atom is 0.309 e. The Balaban J connectivity index is 2.20. The van der Waals surface area contributed by atoms with Crippen LogP contribution in [0.3, 0.4) is 0 Å². The largest absolute Gasteiger partial charge is 0.392 e. The number of hydrogen-bond donors (Lipinski definition) is 3. The Labute approximate surface area is 98.9 Å². The van der Waals surface area contributed by atoms with E-state index in [1.807, 2.05) is 0 Å². The Morgan fingerprint density at radius 3 is 2.56 bits per heavy atom. The molecule has 7 heteroatoms. The van der Waals surface area contributed by atoms with E-state index >= 15 is 0 Å². The van der Waals surface area contributed by atoms with Crippen molar-refractivity contribution >= 4 is 29.0 Å². The van der Waals surface area contributed by atoms with Gasteiger partial charge in [0.15, 0.2) is 0 Å². The number of rotatable bonds is 4. The molecule has 0 heterocycles. The summed E-state index contributed by atoms with van der Waals surface area (Å²) in [5, 5.41) is 4.90. The minimum absolute atomic E-state index is 0.0213. The Bertz CT molecular complexity index is 302. The number of carbonyl (C=O) groups excluding carboxylic acids is 2. The molecule has 0 aromatic heterocycles. The number of ether oxygens (including phenoxy) is 1. The molecule has 0 atom stereocenters. The molecular formula is C9H15N3O3S. The lowest BCUT2D eigenvalue weighted by molar-refractivity contribution is -0.140. The minimum Gasteiger partial charge on any atom is -0.392 e. The van der Waals surface area contributed by atoms with Gasteiger partial charge in [0, 0.05) is 13.2 Å². The summed E-state index contributed by atoms with van der Waals surface area (Å²) in [4.78, 5) is 22.7. The number of hydrogen-bond acceptors (Lipinski definition) is 4. The highest BCUT2D eigenvalue weighted by atomic mass is 32.1. The molecule has 1 aliphatic rings. The molecule has 0 aromatic carbocycles. The number of amides is 2. The van der Waals surface area contributed by atoms with Crippen molar-refractivity contribution in [3.05, 3.63) is 0 Å². The molecule has 6 nitrogen and oxygen atoms in total. The molecule has 0 aromatic rings. The van der Waals surface area contributed by atoms with Gasteiger partial charge in [-0.15, -0.1) is 0 Å². The van der Waals surface area contributed by atoms with Crippen LogP contribution in [0.15, 0.2) is 0 Å². The van der Waals surface area contributed by atoms with Crippen molar-refractivity contribution in [2.75, 3.05) is 13.7 Å². The first kappa shape index (κ1) is 12.9. The zero-order chi connectivity index (χ0) is 12.1. The normalized spacial score (nSPS) is 23.1. The van der Waals surface area contributed by atoms with Crippen LogP contribution in [0, 0.1) is 0 Å². The van der Waals surface area contributed by atoms with Crippen LogP contribution >= 0.6 is 12.2 Å². The summed E-state index contributed by atoms with van der Waals surface area (Å²) in [7, 11) is 1.62. The summed E-state index contributed by atoms with van der Waals surface area (Å²) in [6.45, 7) is 0.0347. The van der Waals surface area contributed by atoms with Crippen molar-refractivity contribution in [3.8, 4) is 0 Å². The number of nitrogens with one attached hydrogen (secondary N) is 2. The SMILES string of the molecule is COC1CC(NC(=O)C(=O)NCC(N)=S)C1. The molecule has 0 saturated heterocycles. The van der Waals surface area contributed by atoms with Crippen molar-refractivity contribution < 1.29 is 14.3 Å². The quantitative estimate of drug-likeness (QED) is 0.422. The van der Waals surface area contributed by atoms with E-state index in [0.717, 1.165) is 12.8 Å². The van der Waals surface area contributed by atoms with E-state index in [4.69, 9.17) is 10.5 Å². The highest BCUT2D eigenvalue weighted by Gasteiger charge is 2.31. The fourth-order valence-corrected chi connectivity index (χ4v) is 1.45. The molecule has 0 radical (unpaired) electrons. The average molecular weight is 245 g/mol. The van der Waals surface area contributed by atoms with Gasteiger partial charge < -0.3 is 21.1 Å². The highest BCUT2D eigenvalue weighted by Crippen LogP contribution is 2.22. The molecule has 16 heavy (non-hydrogen) atoms. The lowest BCUT2D eigenvalue weighted by Gasteiger charge is -2.34. The molecule has 0 spiro atoms. The highest BCUT2D eigenvalue weighted by molar-refractivity contribution is 7.80. The number of carbonyl (C=O) groups is 2. The van der Waals surface area contributed by atoms with Crippen LogP contribution in [0.5, 0.6) is 0 Å². The van der Waals surface area contributed by atoms with E-state index in [1.54, 1.807) is 7.11 Å². The minimum atomic E-state index is -0.714. The van der Waals surface area contributed by atoms with Gasteiger partial charge in [-0.2, -0.15) is 0 Å². The fourth-order valence-electron chi connectivity index (χ4n) is 1.37. The second-order valence-electron chi connectivity index (χ2n) is 3.65. The van der Waals surface area contributed by atoms with E-state index in [2.05, 4.69) is 22.9 Å². The number of thiocarbonyl (C=S) groups is 1. The number of methoxy groups -OCH3 is 1. The first-order chi connectivity index (χ1) is 7.52. The predicted molar refractivity (Wildman–Crippen MR) is 61.8 cm³/mol. The van der Waals surface area contributed by atoms with Gasteiger partial charge >= 0.3 is 11.8 Å². The summed E-state index contributed by atoms with van der Waals surface area (Å²) >= 11 is 4.57. The fraction of sp³-hybridized carbons (Fsp3) is 0.667. The zero-order valence-electron chi connectivity index (χ0n) is 8.99. The van der Waals surface area contributed by atoms with Crippen LogP contribution in [0.4, 0.5) is 0 Å². The maximum absolute atomic E-state index is 11.3. The van der Waals surface area contributed by atoms with E-state index in [-0.39, 0.29) is 23.7 Å². The van der Waals surface area contributed by atoms with E-state index in [9.17, 15) is 9.59 Å². The average Bonchev–Trinajstić information content (AvgIpc) is 2.18. The molecule has 2 amide bonds. The summed E-state index contributed by atoms with van der Waals surface area (Å²) in [6, 6.07) is 0.0213. The van der Waals surface area contributed by atoms with Crippen LogP contribution in [0.2, 0.25) is 0 Å². The molecule has 4 N–H and O–H groups in total. The molecule has 1 rings (SSSR count). The second-order valence-corrected chi connectivity index (χ2v) is 4.17. The topological polar surface area (TPSA) is 93.4 Å². The van der Waals surface area contributed by atoms with E-state index in [1.165, 1.54) is 0 Å². The van der Waals surface area contributed by atoms with Crippen LogP contribution in [0.1, 0.15) is 12.8 Å². The lowest BCUT2D eigenvalue weighted by atomic mass is 9.89. The van der Waals surface area contributed by atoms with Crippen LogP contribution in [-0.4, -0.2) is 42.6 Å². The van der Waals surface area contributed by atoms with Crippen molar-refractivity contribution in [1.29, 1.82) is 0 Å². The van der Waals surface area contributed by atoms with Crippen molar-refractivity contribution in [2.24, 2.45) is 5.73 Å².